The second-order valence-electron chi connectivity index (χ2n) is 5.04. The molecule has 0 amide bonds. The topological polar surface area (TPSA) is 21.3 Å². The molecule has 0 aliphatic carbocycles. The van der Waals surface area contributed by atoms with Crippen LogP contribution in [0.15, 0.2) is 24.3 Å². The standard InChI is InChI=1S/C16H24F3NO/c1-3-11-21-14-8-5-7-13(12-14)15(20-4-2)9-6-10-16(17,18)19/h5,7-8,12,15,20H,3-4,6,9-11H2,1-2H3. The molecule has 0 aromatic heterocycles. The average Bonchev–Trinajstić information content (AvgIpc) is 2.43. The second kappa shape index (κ2) is 8.93. The quantitative estimate of drug-likeness (QED) is 0.703. The fourth-order valence-corrected chi connectivity index (χ4v) is 2.18. The highest BCUT2D eigenvalue weighted by molar-refractivity contribution is 5.30. The van der Waals surface area contributed by atoms with Crippen molar-refractivity contribution in [2.45, 2.75) is 51.7 Å². The van der Waals surface area contributed by atoms with E-state index in [4.69, 9.17) is 4.74 Å². The fraction of sp³-hybridized carbons (Fsp3) is 0.625. The summed E-state index contributed by atoms with van der Waals surface area (Å²) in [6.45, 7) is 5.34. The number of ether oxygens (including phenoxy) is 1. The maximum absolute atomic E-state index is 12.3. The summed E-state index contributed by atoms with van der Waals surface area (Å²) in [6.07, 6.45) is -3.30. The van der Waals surface area contributed by atoms with E-state index in [-0.39, 0.29) is 12.5 Å². The zero-order valence-corrected chi connectivity index (χ0v) is 12.7. The lowest BCUT2D eigenvalue weighted by molar-refractivity contribution is -0.135. The molecule has 1 unspecified atom stereocenters. The number of alkyl halides is 3. The van der Waals surface area contributed by atoms with Crippen LogP contribution in [0, 0.1) is 0 Å². The van der Waals surface area contributed by atoms with Crippen molar-refractivity contribution in [2.24, 2.45) is 0 Å². The summed E-state index contributed by atoms with van der Waals surface area (Å²) in [5, 5.41) is 3.25. The number of hydrogen-bond donors (Lipinski definition) is 1. The third-order valence-electron chi connectivity index (χ3n) is 3.14. The first-order valence-electron chi connectivity index (χ1n) is 7.49. The largest absolute Gasteiger partial charge is 0.494 e. The van der Waals surface area contributed by atoms with Gasteiger partial charge in [-0.2, -0.15) is 13.2 Å². The molecule has 2 nitrogen and oxygen atoms in total. The molecule has 1 N–H and O–H groups in total. The first-order valence-corrected chi connectivity index (χ1v) is 7.49. The molecule has 0 saturated carbocycles. The molecule has 0 fully saturated rings. The van der Waals surface area contributed by atoms with Gasteiger partial charge >= 0.3 is 6.18 Å². The Morgan fingerprint density at radius 1 is 1.24 bits per heavy atom. The summed E-state index contributed by atoms with van der Waals surface area (Å²) >= 11 is 0. The smallest absolute Gasteiger partial charge is 0.389 e. The highest BCUT2D eigenvalue weighted by Gasteiger charge is 2.26. The molecule has 0 bridgehead atoms. The van der Waals surface area contributed by atoms with Gasteiger partial charge < -0.3 is 10.1 Å². The van der Waals surface area contributed by atoms with Crippen molar-refractivity contribution in [3.63, 3.8) is 0 Å². The molecular formula is C16H24F3NO. The molecule has 1 atom stereocenters. The van der Waals surface area contributed by atoms with E-state index < -0.39 is 12.6 Å². The van der Waals surface area contributed by atoms with E-state index in [9.17, 15) is 13.2 Å². The molecule has 0 spiro atoms. The minimum absolute atomic E-state index is 0.0671. The third kappa shape index (κ3) is 7.37. The molecule has 0 aliphatic heterocycles. The Bertz CT molecular complexity index is 407. The van der Waals surface area contributed by atoms with E-state index in [2.05, 4.69) is 5.32 Å². The van der Waals surface area contributed by atoms with Crippen LogP contribution < -0.4 is 10.1 Å². The molecule has 120 valence electrons. The highest BCUT2D eigenvalue weighted by atomic mass is 19.4. The van der Waals surface area contributed by atoms with Crippen LogP contribution >= 0.6 is 0 Å². The minimum atomic E-state index is -4.08. The predicted octanol–water partition coefficient (Wildman–Crippen LogP) is 4.86. The van der Waals surface area contributed by atoms with Gasteiger partial charge in [0.15, 0.2) is 0 Å². The van der Waals surface area contributed by atoms with Crippen LogP contribution in [-0.4, -0.2) is 19.3 Å². The van der Waals surface area contributed by atoms with Crippen molar-refractivity contribution < 1.29 is 17.9 Å². The monoisotopic (exact) mass is 303 g/mol. The molecule has 1 aromatic rings. The number of halogens is 3. The molecule has 0 saturated heterocycles. The molecule has 21 heavy (non-hydrogen) atoms. The normalized spacial score (nSPS) is 13.2. The molecule has 0 radical (unpaired) electrons. The number of rotatable bonds is 9. The summed E-state index contributed by atoms with van der Waals surface area (Å²) in [6, 6.07) is 7.53. The van der Waals surface area contributed by atoms with Crippen molar-refractivity contribution in [3.05, 3.63) is 29.8 Å². The maximum atomic E-state index is 12.3. The van der Waals surface area contributed by atoms with Gasteiger partial charge in [0.25, 0.3) is 0 Å². The van der Waals surface area contributed by atoms with Crippen LogP contribution in [0.5, 0.6) is 5.75 Å². The summed E-state index contributed by atoms with van der Waals surface area (Å²) in [4.78, 5) is 0. The van der Waals surface area contributed by atoms with Crippen LogP contribution in [-0.2, 0) is 0 Å². The number of benzene rings is 1. The Morgan fingerprint density at radius 3 is 2.62 bits per heavy atom. The van der Waals surface area contributed by atoms with Crippen LogP contribution in [0.3, 0.4) is 0 Å². The van der Waals surface area contributed by atoms with Crippen LogP contribution in [0.25, 0.3) is 0 Å². The first kappa shape index (κ1) is 17.8. The van der Waals surface area contributed by atoms with Gasteiger partial charge in [-0.25, -0.2) is 0 Å². The fourth-order valence-electron chi connectivity index (χ4n) is 2.18. The SMILES string of the molecule is CCCOc1cccc(C(CCCC(F)(F)F)NCC)c1. The zero-order valence-electron chi connectivity index (χ0n) is 12.7. The Morgan fingerprint density at radius 2 is 2.00 bits per heavy atom. The maximum Gasteiger partial charge on any atom is 0.389 e. The van der Waals surface area contributed by atoms with Gasteiger partial charge in [0.2, 0.25) is 0 Å². The van der Waals surface area contributed by atoms with Crippen LogP contribution in [0.4, 0.5) is 13.2 Å². The van der Waals surface area contributed by atoms with Crippen molar-refractivity contribution >= 4 is 0 Å². The van der Waals surface area contributed by atoms with E-state index >= 15 is 0 Å². The van der Waals surface area contributed by atoms with Crippen LogP contribution in [0.1, 0.15) is 51.1 Å². The Hall–Kier alpha value is -1.23. The molecule has 5 heteroatoms. The highest BCUT2D eigenvalue weighted by Crippen LogP contribution is 2.27. The van der Waals surface area contributed by atoms with Crippen molar-refractivity contribution in [3.8, 4) is 5.75 Å². The lowest BCUT2D eigenvalue weighted by Gasteiger charge is -2.19. The molecular weight excluding hydrogens is 279 g/mol. The Balaban J connectivity index is 2.66. The molecule has 0 heterocycles. The lowest BCUT2D eigenvalue weighted by Crippen LogP contribution is -2.21. The van der Waals surface area contributed by atoms with E-state index in [1.54, 1.807) is 0 Å². The van der Waals surface area contributed by atoms with E-state index in [0.29, 0.717) is 13.0 Å². The summed E-state index contributed by atoms with van der Waals surface area (Å²) in [5.74, 6) is 0.771. The average molecular weight is 303 g/mol. The van der Waals surface area contributed by atoms with Gasteiger partial charge in [-0.05, 0) is 43.5 Å². The van der Waals surface area contributed by atoms with Gasteiger partial charge in [0.1, 0.15) is 5.75 Å². The Labute approximate surface area is 124 Å². The number of nitrogens with one attached hydrogen (secondary N) is 1. The van der Waals surface area contributed by atoms with Gasteiger partial charge in [-0.3, -0.25) is 0 Å². The summed E-state index contributed by atoms with van der Waals surface area (Å²) in [5.41, 5.74) is 0.979. The van der Waals surface area contributed by atoms with Gasteiger partial charge in [-0.1, -0.05) is 26.0 Å². The zero-order chi connectivity index (χ0) is 15.7. The molecule has 0 aliphatic rings. The van der Waals surface area contributed by atoms with Crippen LogP contribution in [0.2, 0.25) is 0 Å². The predicted molar refractivity (Wildman–Crippen MR) is 78.6 cm³/mol. The van der Waals surface area contributed by atoms with Crippen molar-refractivity contribution in [1.82, 2.24) is 5.32 Å². The van der Waals surface area contributed by atoms with Gasteiger partial charge in [-0.15, -0.1) is 0 Å². The van der Waals surface area contributed by atoms with E-state index in [1.807, 2.05) is 38.1 Å². The van der Waals surface area contributed by atoms with Gasteiger partial charge in [0.05, 0.1) is 6.61 Å². The van der Waals surface area contributed by atoms with Gasteiger partial charge in [0, 0.05) is 12.5 Å². The summed E-state index contributed by atoms with van der Waals surface area (Å²) < 4.78 is 42.3. The van der Waals surface area contributed by atoms with E-state index in [0.717, 1.165) is 24.3 Å². The molecule has 1 aromatic carbocycles. The second-order valence-corrected chi connectivity index (χ2v) is 5.04. The number of hydrogen-bond acceptors (Lipinski definition) is 2. The Kier molecular flexibility index (Phi) is 7.57. The van der Waals surface area contributed by atoms with Crippen molar-refractivity contribution in [2.75, 3.05) is 13.2 Å². The third-order valence-corrected chi connectivity index (χ3v) is 3.14. The lowest BCUT2D eigenvalue weighted by atomic mass is 10.0. The minimum Gasteiger partial charge on any atom is -0.494 e. The first-order chi connectivity index (χ1) is 9.96. The van der Waals surface area contributed by atoms with E-state index in [1.165, 1.54) is 0 Å². The summed E-state index contributed by atoms with van der Waals surface area (Å²) in [7, 11) is 0. The molecule has 1 rings (SSSR count). The van der Waals surface area contributed by atoms with Crippen molar-refractivity contribution in [1.29, 1.82) is 0 Å².